The lowest BCUT2D eigenvalue weighted by Crippen LogP contribution is -2.35. The largest absolute Gasteiger partial charge is 0.481 e. The van der Waals surface area contributed by atoms with Gasteiger partial charge < -0.3 is 10.2 Å². The summed E-state index contributed by atoms with van der Waals surface area (Å²) in [6.07, 6.45) is -0.508. The minimum atomic E-state index is -1.51. The molecule has 2 N–H and O–H groups in total. The topological polar surface area (TPSA) is 74.6 Å². The van der Waals surface area contributed by atoms with Crippen LogP contribution in [0.25, 0.3) is 0 Å². The van der Waals surface area contributed by atoms with Gasteiger partial charge in [0.2, 0.25) is 0 Å². The van der Waals surface area contributed by atoms with Gasteiger partial charge in [0.15, 0.2) is 0 Å². The van der Waals surface area contributed by atoms with Gasteiger partial charge in [-0.2, -0.15) is 0 Å². The number of benzene rings is 1. The molecule has 0 radical (unpaired) electrons. The van der Waals surface area contributed by atoms with E-state index in [2.05, 4.69) is 0 Å². The predicted octanol–water partition coefficient (Wildman–Crippen LogP) is 2.16. The van der Waals surface area contributed by atoms with Gasteiger partial charge in [0.05, 0.1) is 6.42 Å². The lowest BCUT2D eigenvalue weighted by Gasteiger charge is -2.24. The fourth-order valence-corrected chi connectivity index (χ4v) is 1.84. The number of carbonyl (C=O) groups is 2. The van der Waals surface area contributed by atoms with Crippen LogP contribution in [0.1, 0.15) is 18.9 Å². The fourth-order valence-electron chi connectivity index (χ4n) is 1.50. The van der Waals surface area contributed by atoms with E-state index in [0.29, 0.717) is 5.56 Å². The molecule has 1 aromatic rings. The second-order valence-corrected chi connectivity index (χ2v) is 4.09. The van der Waals surface area contributed by atoms with Crippen molar-refractivity contribution < 1.29 is 19.8 Å². The normalized spacial score (nSPS) is 14.1. The molecule has 1 atom stereocenters. The zero-order valence-corrected chi connectivity index (χ0v) is 9.36. The molecule has 0 aliphatic rings. The second-order valence-electron chi connectivity index (χ2n) is 3.69. The highest BCUT2D eigenvalue weighted by Crippen LogP contribution is 2.33. The van der Waals surface area contributed by atoms with E-state index in [-0.39, 0.29) is 5.02 Å². The molecular formula is C11H11ClO4. The van der Waals surface area contributed by atoms with Crippen LogP contribution in [-0.4, -0.2) is 22.2 Å². The van der Waals surface area contributed by atoms with Crippen LogP contribution in [0.15, 0.2) is 24.3 Å². The summed E-state index contributed by atoms with van der Waals surface area (Å²) in [4.78, 5) is 21.9. The maximum absolute atomic E-state index is 11.2. The first-order valence-electron chi connectivity index (χ1n) is 4.58. The van der Waals surface area contributed by atoms with Crippen LogP contribution >= 0.6 is 11.6 Å². The molecule has 4 nitrogen and oxygen atoms in total. The Morgan fingerprint density at radius 1 is 1.31 bits per heavy atom. The number of carboxylic acid groups (broad SMARTS) is 2. The Labute approximate surface area is 97.5 Å². The number of halogens is 1. The number of rotatable bonds is 4. The van der Waals surface area contributed by atoms with Gasteiger partial charge in [0.25, 0.3) is 0 Å². The Balaban J connectivity index is 3.27. The molecule has 0 aromatic heterocycles. The zero-order valence-electron chi connectivity index (χ0n) is 8.61. The van der Waals surface area contributed by atoms with Gasteiger partial charge in [-0.15, -0.1) is 0 Å². The van der Waals surface area contributed by atoms with E-state index in [0.717, 1.165) is 0 Å². The summed E-state index contributed by atoms with van der Waals surface area (Å²) in [6, 6.07) is 6.36. The maximum Gasteiger partial charge on any atom is 0.314 e. The molecule has 16 heavy (non-hydrogen) atoms. The Morgan fingerprint density at radius 3 is 2.31 bits per heavy atom. The highest BCUT2D eigenvalue weighted by Gasteiger charge is 2.39. The molecule has 0 aliphatic heterocycles. The third kappa shape index (κ3) is 2.33. The Hall–Kier alpha value is -1.55. The lowest BCUT2D eigenvalue weighted by molar-refractivity contribution is -0.149. The van der Waals surface area contributed by atoms with E-state index in [1.807, 2.05) is 0 Å². The van der Waals surface area contributed by atoms with Crippen molar-refractivity contribution >= 4 is 23.5 Å². The third-order valence-electron chi connectivity index (χ3n) is 2.45. The number of aliphatic carboxylic acids is 2. The van der Waals surface area contributed by atoms with Crippen molar-refractivity contribution in [1.82, 2.24) is 0 Å². The summed E-state index contributed by atoms with van der Waals surface area (Å²) in [5.41, 5.74) is -1.20. The molecule has 1 unspecified atom stereocenters. The van der Waals surface area contributed by atoms with Crippen molar-refractivity contribution in [2.24, 2.45) is 0 Å². The zero-order chi connectivity index (χ0) is 12.3. The molecule has 0 heterocycles. The molecule has 5 heteroatoms. The lowest BCUT2D eigenvalue weighted by atomic mass is 9.79. The van der Waals surface area contributed by atoms with Gasteiger partial charge in [-0.05, 0) is 18.6 Å². The van der Waals surface area contributed by atoms with Crippen LogP contribution in [0.5, 0.6) is 0 Å². The Bertz CT molecular complexity index is 430. The first kappa shape index (κ1) is 12.5. The van der Waals surface area contributed by atoms with Crippen molar-refractivity contribution in [2.45, 2.75) is 18.8 Å². The first-order valence-corrected chi connectivity index (χ1v) is 4.96. The van der Waals surface area contributed by atoms with Crippen LogP contribution in [0.3, 0.4) is 0 Å². The summed E-state index contributed by atoms with van der Waals surface area (Å²) in [5.74, 6) is -2.38. The molecule has 0 aliphatic carbocycles. The van der Waals surface area contributed by atoms with Crippen molar-refractivity contribution in [3.8, 4) is 0 Å². The Kier molecular flexibility index (Phi) is 3.55. The van der Waals surface area contributed by atoms with E-state index in [1.165, 1.54) is 13.0 Å². The quantitative estimate of drug-likeness (QED) is 0.848. The molecule has 86 valence electrons. The monoisotopic (exact) mass is 242 g/mol. The molecular weight excluding hydrogens is 232 g/mol. The highest BCUT2D eigenvalue weighted by molar-refractivity contribution is 6.31. The summed E-state index contributed by atoms with van der Waals surface area (Å²) >= 11 is 5.88. The predicted molar refractivity (Wildman–Crippen MR) is 58.7 cm³/mol. The molecule has 0 fully saturated rings. The van der Waals surface area contributed by atoms with Crippen LogP contribution in [0, 0.1) is 0 Å². The van der Waals surface area contributed by atoms with Crippen LogP contribution in [0.2, 0.25) is 5.02 Å². The second kappa shape index (κ2) is 4.53. The summed E-state index contributed by atoms with van der Waals surface area (Å²) in [5, 5.41) is 18.1. The minimum Gasteiger partial charge on any atom is -0.481 e. The van der Waals surface area contributed by atoms with E-state index in [9.17, 15) is 9.59 Å². The molecule has 0 saturated carbocycles. The molecule has 0 bridgehead atoms. The Morgan fingerprint density at radius 2 is 1.88 bits per heavy atom. The average Bonchev–Trinajstić information content (AvgIpc) is 2.16. The fraction of sp³-hybridized carbons (Fsp3) is 0.273. The maximum atomic E-state index is 11.2. The van der Waals surface area contributed by atoms with E-state index in [4.69, 9.17) is 21.8 Å². The van der Waals surface area contributed by atoms with Crippen LogP contribution in [-0.2, 0) is 15.0 Å². The third-order valence-corrected chi connectivity index (χ3v) is 2.77. The molecule has 0 amide bonds. The van der Waals surface area contributed by atoms with E-state index < -0.39 is 23.8 Å². The minimum absolute atomic E-state index is 0.258. The SMILES string of the molecule is CC(CC(=O)O)(C(=O)O)c1ccccc1Cl. The van der Waals surface area contributed by atoms with Gasteiger partial charge in [-0.3, -0.25) is 9.59 Å². The number of carboxylic acids is 2. The van der Waals surface area contributed by atoms with Gasteiger partial charge in [0.1, 0.15) is 5.41 Å². The van der Waals surface area contributed by atoms with Gasteiger partial charge in [0, 0.05) is 5.02 Å². The smallest absolute Gasteiger partial charge is 0.314 e. The van der Waals surface area contributed by atoms with E-state index in [1.54, 1.807) is 18.2 Å². The van der Waals surface area contributed by atoms with Gasteiger partial charge >= 0.3 is 11.9 Å². The molecule has 0 saturated heterocycles. The van der Waals surface area contributed by atoms with Crippen LogP contribution < -0.4 is 0 Å². The van der Waals surface area contributed by atoms with Crippen molar-refractivity contribution in [2.75, 3.05) is 0 Å². The first-order chi connectivity index (χ1) is 7.38. The summed E-state index contributed by atoms with van der Waals surface area (Å²) in [7, 11) is 0. The van der Waals surface area contributed by atoms with E-state index >= 15 is 0 Å². The van der Waals surface area contributed by atoms with Gasteiger partial charge in [-0.1, -0.05) is 29.8 Å². The average molecular weight is 243 g/mol. The number of hydrogen-bond donors (Lipinski definition) is 2. The number of hydrogen-bond acceptors (Lipinski definition) is 2. The van der Waals surface area contributed by atoms with Gasteiger partial charge in [-0.25, -0.2) is 0 Å². The molecule has 1 aromatic carbocycles. The van der Waals surface area contributed by atoms with Crippen LogP contribution in [0.4, 0.5) is 0 Å². The highest BCUT2D eigenvalue weighted by atomic mass is 35.5. The van der Waals surface area contributed by atoms with Crippen molar-refractivity contribution in [3.05, 3.63) is 34.9 Å². The standard InChI is InChI=1S/C11H11ClO4/c1-11(10(15)16,6-9(13)14)7-4-2-3-5-8(7)12/h2-5H,6H2,1H3,(H,13,14)(H,15,16). The van der Waals surface area contributed by atoms with Crippen molar-refractivity contribution in [1.29, 1.82) is 0 Å². The summed E-state index contributed by atoms with van der Waals surface area (Å²) < 4.78 is 0. The van der Waals surface area contributed by atoms with Crippen molar-refractivity contribution in [3.63, 3.8) is 0 Å². The molecule has 1 rings (SSSR count). The molecule has 0 spiro atoms. The summed E-state index contributed by atoms with van der Waals surface area (Å²) in [6.45, 7) is 1.35.